The Morgan fingerprint density at radius 3 is 2.57 bits per heavy atom. The molecule has 23 heavy (non-hydrogen) atoms. The third kappa shape index (κ3) is 2.75. The molecular weight excluding hydrogens is 318 g/mol. The molecule has 1 atom stereocenters. The van der Waals surface area contributed by atoms with Crippen LogP contribution in [0.15, 0.2) is 42.5 Å². The number of ether oxygens (including phenoxy) is 1. The molecule has 0 aromatic heterocycles. The Kier molecular flexibility index (Phi) is 3.96. The molecule has 3 rings (SSSR count). The third-order valence-corrected chi connectivity index (χ3v) is 4.09. The monoisotopic (exact) mass is 331 g/mol. The van der Waals surface area contributed by atoms with E-state index in [-0.39, 0.29) is 12.3 Å². The van der Waals surface area contributed by atoms with Crippen molar-refractivity contribution in [3.05, 3.63) is 58.6 Å². The van der Waals surface area contributed by atoms with Gasteiger partial charge in [-0.05, 0) is 48.0 Å². The number of aliphatic carboxylic acids is 1. The molecule has 6 heteroatoms. The SMILES string of the molecule is COc1ccc(N2C(=O)c3ccc(Cl)cc3C2CC(=O)O)cc1. The van der Waals surface area contributed by atoms with Crippen LogP contribution in [0, 0.1) is 0 Å². The Hall–Kier alpha value is -2.53. The summed E-state index contributed by atoms with van der Waals surface area (Å²) >= 11 is 6.01. The van der Waals surface area contributed by atoms with Crippen LogP contribution in [0.1, 0.15) is 28.4 Å². The molecule has 2 aromatic carbocycles. The van der Waals surface area contributed by atoms with Crippen molar-refractivity contribution in [3.8, 4) is 5.75 Å². The molecule has 1 aliphatic heterocycles. The highest BCUT2D eigenvalue weighted by Gasteiger charge is 2.38. The van der Waals surface area contributed by atoms with Gasteiger partial charge < -0.3 is 14.7 Å². The Bertz CT molecular complexity index is 773. The topological polar surface area (TPSA) is 66.8 Å². The molecule has 118 valence electrons. The first-order valence-electron chi connectivity index (χ1n) is 7.00. The molecule has 0 spiro atoms. The molecule has 1 aliphatic rings. The van der Waals surface area contributed by atoms with Gasteiger partial charge in [0.25, 0.3) is 5.91 Å². The number of carbonyl (C=O) groups excluding carboxylic acids is 1. The number of carboxylic acid groups (broad SMARTS) is 1. The first kappa shape index (κ1) is 15.4. The zero-order valence-electron chi connectivity index (χ0n) is 12.3. The lowest BCUT2D eigenvalue weighted by Crippen LogP contribution is -2.29. The fraction of sp³-hybridized carbons (Fsp3) is 0.176. The van der Waals surface area contributed by atoms with Gasteiger partial charge >= 0.3 is 5.97 Å². The van der Waals surface area contributed by atoms with Crippen LogP contribution in [0.3, 0.4) is 0 Å². The standard InChI is InChI=1S/C17H14ClNO4/c1-23-12-5-3-11(4-6-12)19-15(9-16(20)21)14-8-10(18)2-7-13(14)17(19)22/h2-8,15H,9H2,1H3,(H,20,21). The van der Waals surface area contributed by atoms with E-state index < -0.39 is 12.0 Å². The number of hydrogen-bond acceptors (Lipinski definition) is 3. The molecule has 0 saturated carbocycles. The van der Waals surface area contributed by atoms with Crippen molar-refractivity contribution in [2.75, 3.05) is 12.0 Å². The number of halogens is 1. The van der Waals surface area contributed by atoms with Crippen LogP contribution in [0.5, 0.6) is 5.75 Å². The summed E-state index contributed by atoms with van der Waals surface area (Å²) in [4.78, 5) is 25.5. The van der Waals surface area contributed by atoms with Crippen LogP contribution in [0.4, 0.5) is 5.69 Å². The number of carboxylic acids is 1. The van der Waals surface area contributed by atoms with E-state index in [0.29, 0.717) is 27.6 Å². The quantitative estimate of drug-likeness (QED) is 0.930. The number of anilines is 1. The van der Waals surface area contributed by atoms with Crippen LogP contribution in [0.25, 0.3) is 0 Å². The second-order valence-electron chi connectivity index (χ2n) is 5.22. The van der Waals surface area contributed by atoms with Crippen LogP contribution in [0.2, 0.25) is 5.02 Å². The summed E-state index contributed by atoms with van der Waals surface area (Å²) < 4.78 is 5.11. The summed E-state index contributed by atoms with van der Waals surface area (Å²) in [5, 5.41) is 9.69. The summed E-state index contributed by atoms with van der Waals surface area (Å²) in [7, 11) is 1.56. The van der Waals surface area contributed by atoms with Gasteiger partial charge in [-0.1, -0.05) is 11.6 Å². The average molecular weight is 332 g/mol. The molecule has 0 aliphatic carbocycles. The second-order valence-corrected chi connectivity index (χ2v) is 5.65. The van der Waals surface area contributed by atoms with Gasteiger partial charge in [-0.3, -0.25) is 9.59 Å². The summed E-state index contributed by atoms with van der Waals surface area (Å²) in [6, 6.07) is 11.3. The van der Waals surface area contributed by atoms with E-state index in [1.165, 1.54) is 4.90 Å². The number of amides is 1. The number of carbonyl (C=O) groups is 2. The first-order chi connectivity index (χ1) is 11.0. The predicted molar refractivity (Wildman–Crippen MR) is 86.2 cm³/mol. The fourth-order valence-electron chi connectivity index (χ4n) is 2.82. The largest absolute Gasteiger partial charge is 0.497 e. The third-order valence-electron chi connectivity index (χ3n) is 3.85. The predicted octanol–water partition coefficient (Wildman–Crippen LogP) is 3.52. The lowest BCUT2D eigenvalue weighted by molar-refractivity contribution is -0.137. The van der Waals surface area contributed by atoms with Crippen molar-refractivity contribution in [1.82, 2.24) is 0 Å². The smallest absolute Gasteiger partial charge is 0.305 e. The Balaban J connectivity index is 2.07. The van der Waals surface area contributed by atoms with Gasteiger partial charge in [0.1, 0.15) is 5.75 Å². The van der Waals surface area contributed by atoms with E-state index in [2.05, 4.69) is 0 Å². The molecule has 0 bridgehead atoms. The maximum Gasteiger partial charge on any atom is 0.305 e. The highest BCUT2D eigenvalue weighted by atomic mass is 35.5. The van der Waals surface area contributed by atoms with Crippen molar-refractivity contribution in [2.45, 2.75) is 12.5 Å². The van der Waals surface area contributed by atoms with Crippen LogP contribution >= 0.6 is 11.6 Å². The van der Waals surface area contributed by atoms with E-state index in [1.807, 2.05) is 0 Å². The summed E-state index contributed by atoms with van der Waals surface area (Å²) in [6.45, 7) is 0. The molecule has 1 N–H and O–H groups in total. The van der Waals surface area contributed by atoms with Gasteiger partial charge in [0.05, 0.1) is 19.6 Å². The number of hydrogen-bond donors (Lipinski definition) is 1. The van der Waals surface area contributed by atoms with Crippen molar-refractivity contribution in [2.24, 2.45) is 0 Å². The number of fused-ring (bicyclic) bond motifs is 1. The molecule has 5 nitrogen and oxygen atoms in total. The lowest BCUT2D eigenvalue weighted by Gasteiger charge is -2.24. The molecule has 2 aromatic rings. The summed E-state index contributed by atoms with van der Waals surface area (Å²) in [5.41, 5.74) is 1.74. The van der Waals surface area contributed by atoms with Gasteiger partial charge in [-0.25, -0.2) is 0 Å². The normalized spacial score (nSPS) is 16.3. The zero-order chi connectivity index (χ0) is 16.6. The van der Waals surface area contributed by atoms with E-state index in [0.717, 1.165) is 0 Å². The fourth-order valence-corrected chi connectivity index (χ4v) is 3.00. The van der Waals surface area contributed by atoms with Crippen LogP contribution in [-0.2, 0) is 4.79 Å². The number of methoxy groups -OCH3 is 1. The lowest BCUT2D eigenvalue weighted by atomic mass is 10.0. The zero-order valence-corrected chi connectivity index (χ0v) is 13.1. The molecule has 1 heterocycles. The van der Waals surface area contributed by atoms with Crippen molar-refractivity contribution < 1.29 is 19.4 Å². The minimum atomic E-state index is -0.978. The van der Waals surface area contributed by atoms with Gasteiger partial charge in [0.15, 0.2) is 0 Å². The van der Waals surface area contributed by atoms with Gasteiger partial charge in [-0.15, -0.1) is 0 Å². The maximum absolute atomic E-state index is 12.7. The Morgan fingerprint density at radius 2 is 1.96 bits per heavy atom. The van der Waals surface area contributed by atoms with Gasteiger partial charge in [0.2, 0.25) is 0 Å². The first-order valence-corrected chi connectivity index (χ1v) is 7.38. The minimum Gasteiger partial charge on any atom is -0.497 e. The van der Waals surface area contributed by atoms with Gasteiger partial charge in [-0.2, -0.15) is 0 Å². The van der Waals surface area contributed by atoms with E-state index >= 15 is 0 Å². The molecule has 1 unspecified atom stereocenters. The van der Waals surface area contributed by atoms with Crippen molar-refractivity contribution in [3.63, 3.8) is 0 Å². The van der Waals surface area contributed by atoms with Crippen LogP contribution < -0.4 is 9.64 Å². The molecule has 0 saturated heterocycles. The second kappa shape index (κ2) is 5.93. The molecule has 1 amide bonds. The summed E-state index contributed by atoms with van der Waals surface area (Å²) in [5.74, 6) is -0.544. The molecule has 0 radical (unpaired) electrons. The Labute approximate surface area is 138 Å². The van der Waals surface area contributed by atoms with Crippen molar-refractivity contribution >= 4 is 29.2 Å². The van der Waals surface area contributed by atoms with Crippen molar-refractivity contribution in [1.29, 1.82) is 0 Å². The van der Waals surface area contributed by atoms with E-state index in [4.69, 9.17) is 16.3 Å². The minimum absolute atomic E-state index is 0.189. The van der Waals surface area contributed by atoms with Gasteiger partial charge in [0, 0.05) is 16.3 Å². The Morgan fingerprint density at radius 1 is 1.26 bits per heavy atom. The average Bonchev–Trinajstić information content (AvgIpc) is 2.79. The molecular formula is C17H14ClNO4. The number of benzene rings is 2. The highest BCUT2D eigenvalue weighted by molar-refractivity contribution is 6.31. The highest BCUT2D eigenvalue weighted by Crippen LogP contribution is 2.40. The van der Waals surface area contributed by atoms with Crippen LogP contribution in [-0.4, -0.2) is 24.1 Å². The van der Waals surface area contributed by atoms with E-state index in [1.54, 1.807) is 49.6 Å². The van der Waals surface area contributed by atoms with E-state index in [9.17, 15) is 14.7 Å². The number of nitrogens with zero attached hydrogens (tertiary/aromatic N) is 1. The molecule has 0 fully saturated rings. The summed E-state index contributed by atoms with van der Waals surface area (Å²) in [6.07, 6.45) is -0.189. The number of rotatable bonds is 4. The maximum atomic E-state index is 12.7.